The van der Waals surface area contributed by atoms with E-state index < -0.39 is 0 Å². The first-order valence-electron chi connectivity index (χ1n) is 9.61. The molecule has 0 atom stereocenters. The van der Waals surface area contributed by atoms with E-state index in [1.165, 1.54) is 12.1 Å². The molecule has 3 rings (SSSR count). The van der Waals surface area contributed by atoms with E-state index in [0.717, 1.165) is 50.1 Å². The van der Waals surface area contributed by atoms with E-state index in [1.54, 1.807) is 0 Å². The van der Waals surface area contributed by atoms with Crippen LogP contribution in [0.1, 0.15) is 31.7 Å². The third-order valence-corrected chi connectivity index (χ3v) is 5.48. The standard InChI is InChI=1S/C22H26ClFN2O/c1-2-22(27)26(20-9-5-18(23)6-10-20)21-12-15-25(16-13-21)14-11-17-3-7-19(24)8-4-17/h3-10,21H,2,11-16H2,1H3. The van der Waals surface area contributed by atoms with Crippen molar-refractivity contribution in [3.63, 3.8) is 0 Å². The number of likely N-dealkylation sites (tertiary alicyclic amines) is 1. The number of hydrogen-bond donors (Lipinski definition) is 0. The highest BCUT2D eigenvalue weighted by Gasteiger charge is 2.28. The first kappa shape index (κ1) is 19.8. The third-order valence-electron chi connectivity index (χ3n) is 5.23. The van der Waals surface area contributed by atoms with Crippen molar-refractivity contribution in [3.8, 4) is 0 Å². The fraction of sp³-hybridized carbons (Fsp3) is 0.409. The molecule has 1 saturated heterocycles. The monoisotopic (exact) mass is 388 g/mol. The van der Waals surface area contributed by atoms with E-state index in [-0.39, 0.29) is 17.8 Å². The third kappa shape index (κ3) is 5.30. The van der Waals surface area contributed by atoms with E-state index in [9.17, 15) is 9.18 Å². The molecule has 27 heavy (non-hydrogen) atoms. The maximum absolute atomic E-state index is 13.0. The highest BCUT2D eigenvalue weighted by Crippen LogP contribution is 2.26. The molecule has 0 spiro atoms. The van der Waals surface area contributed by atoms with E-state index >= 15 is 0 Å². The van der Waals surface area contributed by atoms with Crippen molar-refractivity contribution in [2.45, 2.75) is 38.6 Å². The molecule has 0 bridgehead atoms. The van der Waals surface area contributed by atoms with Gasteiger partial charge in [-0.2, -0.15) is 0 Å². The lowest BCUT2D eigenvalue weighted by atomic mass is 10.0. The Labute approximate surface area is 165 Å². The Bertz CT molecular complexity index is 740. The van der Waals surface area contributed by atoms with Gasteiger partial charge in [0, 0.05) is 42.8 Å². The van der Waals surface area contributed by atoms with Crippen molar-refractivity contribution in [2.75, 3.05) is 24.5 Å². The zero-order chi connectivity index (χ0) is 19.2. The van der Waals surface area contributed by atoms with Crippen LogP contribution in [0.5, 0.6) is 0 Å². The zero-order valence-corrected chi connectivity index (χ0v) is 16.5. The first-order chi connectivity index (χ1) is 13.1. The van der Waals surface area contributed by atoms with E-state index in [0.29, 0.717) is 11.4 Å². The molecule has 144 valence electrons. The summed E-state index contributed by atoms with van der Waals surface area (Å²) in [4.78, 5) is 16.9. The lowest BCUT2D eigenvalue weighted by Crippen LogP contribution is -2.47. The zero-order valence-electron chi connectivity index (χ0n) is 15.7. The van der Waals surface area contributed by atoms with E-state index in [4.69, 9.17) is 11.6 Å². The number of rotatable bonds is 6. The summed E-state index contributed by atoms with van der Waals surface area (Å²) in [5.74, 6) is -0.0375. The predicted octanol–water partition coefficient (Wildman–Crippen LogP) is 4.93. The van der Waals surface area contributed by atoms with Gasteiger partial charge in [-0.1, -0.05) is 30.7 Å². The van der Waals surface area contributed by atoms with Crippen LogP contribution in [-0.4, -0.2) is 36.5 Å². The van der Waals surface area contributed by atoms with Gasteiger partial charge in [-0.25, -0.2) is 4.39 Å². The Hall–Kier alpha value is -1.91. The molecule has 2 aromatic rings. The molecule has 1 aliphatic heterocycles. The number of carbonyl (C=O) groups excluding carboxylic acids is 1. The number of carbonyl (C=O) groups is 1. The molecule has 1 heterocycles. The average molecular weight is 389 g/mol. The van der Waals surface area contributed by atoms with Gasteiger partial charge in [0.25, 0.3) is 0 Å². The quantitative estimate of drug-likeness (QED) is 0.700. The van der Waals surface area contributed by atoms with Crippen LogP contribution in [-0.2, 0) is 11.2 Å². The van der Waals surface area contributed by atoms with Gasteiger partial charge < -0.3 is 9.80 Å². The molecule has 3 nitrogen and oxygen atoms in total. The van der Waals surface area contributed by atoms with Crippen LogP contribution in [0.25, 0.3) is 0 Å². The van der Waals surface area contributed by atoms with Crippen molar-refractivity contribution in [1.82, 2.24) is 4.90 Å². The fourth-order valence-corrected chi connectivity index (χ4v) is 3.80. The first-order valence-corrected chi connectivity index (χ1v) is 9.99. The van der Waals surface area contributed by atoms with Crippen LogP contribution < -0.4 is 4.90 Å². The van der Waals surface area contributed by atoms with Crippen molar-refractivity contribution < 1.29 is 9.18 Å². The van der Waals surface area contributed by atoms with Gasteiger partial charge in [-0.05, 0) is 61.2 Å². The second-order valence-electron chi connectivity index (χ2n) is 7.04. The summed E-state index contributed by atoms with van der Waals surface area (Å²) in [5.41, 5.74) is 2.08. The number of nitrogens with zero attached hydrogens (tertiary/aromatic N) is 2. The fourth-order valence-electron chi connectivity index (χ4n) is 3.67. The Morgan fingerprint density at radius 2 is 1.74 bits per heavy atom. The minimum Gasteiger partial charge on any atom is -0.309 e. The number of anilines is 1. The van der Waals surface area contributed by atoms with Crippen molar-refractivity contribution in [1.29, 1.82) is 0 Å². The maximum atomic E-state index is 13.0. The molecule has 0 unspecified atom stereocenters. The molecular formula is C22H26ClFN2O. The van der Waals surface area contributed by atoms with Gasteiger partial charge in [0.05, 0.1) is 0 Å². The molecule has 1 fully saturated rings. The molecule has 0 radical (unpaired) electrons. The van der Waals surface area contributed by atoms with Gasteiger partial charge >= 0.3 is 0 Å². The van der Waals surface area contributed by atoms with Gasteiger partial charge in [0.15, 0.2) is 0 Å². The van der Waals surface area contributed by atoms with E-state index in [2.05, 4.69) is 4.90 Å². The predicted molar refractivity (Wildman–Crippen MR) is 109 cm³/mol. The summed E-state index contributed by atoms with van der Waals surface area (Å²) in [6.07, 6.45) is 3.32. The van der Waals surface area contributed by atoms with Crippen LogP contribution >= 0.6 is 11.6 Å². The highest BCUT2D eigenvalue weighted by atomic mass is 35.5. The van der Waals surface area contributed by atoms with Crippen LogP contribution in [0.3, 0.4) is 0 Å². The molecule has 0 N–H and O–H groups in total. The van der Waals surface area contributed by atoms with Crippen LogP contribution in [0, 0.1) is 5.82 Å². The van der Waals surface area contributed by atoms with Gasteiger partial charge in [-0.3, -0.25) is 4.79 Å². The van der Waals surface area contributed by atoms with Crippen LogP contribution in [0.15, 0.2) is 48.5 Å². The highest BCUT2D eigenvalue weighted by molar-refractivity contribution is 6.30. The lowest BCUT2D eigenvalue weighted by molar-refractivity contribution is -0.119. The minimum absolute atomic E-state index is 0.155. The van der Waals surface area contributed by atoms with E-state index in [1.807, 2.05) is 48.2 Å². The molecule has 0 saturated carbocycles. The SMILES string of the molecule is CCC(=O)N(c1ccc(Cl)cc1)C1CCN(CCc2ccc(F)cc2)CC1. The van der Waals surface area contributed by atoms with Gasteiger partial charge in [0.2, 0.25) is 5.91 Å². The number of hydrogen-bond acceptors (Lipinski definition) is 2. The number of amides is 1. The number of halogens is 2. The Morgan fingerprint density at radius 1 is 1.11 bits per heavy atom. The van der Waals surface area contributed by atoms with Crippen LogP contribution in [0.4, 0.5) is 10.1 Å². The second kappa shape index (κ2) is 9.34. The van der Waals surface area contributed by atoms with Crippen molar-refractivity contribution >= 4 is 23.2 Å². The smallest absolute Gasteiger partial charge is 0.226 e. The largest absolute Gasteiger partial charge is 0.309 e. The molecule has 2 aromatic carbocycles. The topological polar surface area (TPSA) is 23.6 Å². The summed E-state index contributed by atoms with van der Waals surface area (Å²) in [6.45, 7) is 4.80. The molecular weight excluding hydrogens is 363 g/mol. The summed E-state index contributed by atoms with van der Waals surface area (Å²) >= 11 is 6.00. The Balaban J connectivity index is 1.57. The second-order valence-corrected chi connectivity index (χ2v) is 7.48. The molecule has 5 heteroatoms. The molecule has 0 aliphatic carbocycles. The van der Waals surface area contributed by atoms with Gasteiger partial charge in [-0.15, -0.1) is 0 Å². The van der Waals surface area contributed by atoms with Gasteiger partial charge in [0.1, 0.15) is 5.82 Å². The average Bonchev–Trinajstić information content (AvgIpc) is 2.70. The van der Waals surface area contributed by atoms with Crippen molar-refractivity contribution in [2.24, 2.45) is 0 Å². The number of benzene rings is 2. The molecule has 1 amide bonds. The summed E-state index contributed by atoms with van der Waals surface area (Å²) in [5, 5.41) is 0.679. The molecule has 0 aromatic heterocycles. The Morgan fingerprint density at radius 3 is 2.33 bits per heavy atom. The Kier molecular flexibility index (Phi) is 6.86. The van der Waals surface area contributed by atoms with Crippen molar-refractivity contribution in [3.05, 3.63) is 64.9 Å². The summed E-state index contributed by atoms with van der Waals surface area (Å²) in [6, 6.07) is 14.5. The minimum atomic E-state index is -0.192. The summed E-state index contributed by atoms with van der Waals surface area (Å²) in [7, 11) is 0. The maximum Gasteiger partial charge on any atom is 0.226 e. The number of piperidine rings is 1. The van der Waals surface area contributed by atoms with Crippen LogP contribution in [0.2, 0.25) is 5.02 Å². The lowest BCUT2D eigenvalue weighted by Gasteiger charge is -2.38. The summed E-state index contributed by atoms with van der Waals surface area (Å²) < 4.78 is 13.0. The molecule has 1 aliphatic rings. The normalized spacial score (nSPS) is 15.7.